The van der Waals surface area contributed by atoms with E-state index in [1.54, 1.807) is 6.20 Å². The van der Waals surface area contributed by atoms with Crippen molar-refractivity contribution in [3.63, 3.8) is 0 Å². The second-order valence-electron chi connectivity index (χ2n) is 6.52. The van der Waals surface area contributed by atoms with Crippen LogP contribution in [0.5, 0.6) is 0 Å². The molecule has 116 valence electrons. The monoisotopic (exact) mass is 317 g/mol. The highest BCUT2D eigenvalue weighted by Gasteiger charge is 2.40. The summed E-state index contributed by atoms with van der Waals surface area (Å²) < 4.78 is 5.91. The van der Waals surface area contributed by atoms with Crippen molar-refractivity contribution in [3.05, 3.63) is 41.4 Å². The molecule has 0 saturated carbocycles. The fourth-order valence-electron chi connectivity index (χ4n) is 3.66. The summed E-state index contributed by atoms with van der Waals surface area (Å²) in [5.41, 5.74) is 1.46. The van der Waals surface area contributed by atoms with Crippen molar-refractivity contribution in [1.29, 1.82) is 0 Å². The van der Waals surface area contributed by atoms with E-state index < -0.39 is 0 Å². The third kappa shape index (κ3) is 2.78. The van der Waals surface area contributed by atoms with Gasteiger partial charge in [0, 0.05) is 23.7 Å². The predicted octanol–water partition coefficient (Wildman–Crippen LogP) is 3.18. The SMILES string of the molecule is Clc1cccc(-c2cnc(CN3CCC4(CCNC4)C3)o2)c1. The van der Waals surface area contributed by atoms with E-state index in [9.17, 15) is 0 Å². The Morgan fingerprint density at radius 2 is 2.32 bits per heavy atom. The number of likely N-dealkylation sites (tertiary alicyclic amines) is 1. The molecule has 5 heteroatoms. The lowest BCUT2D eigenvalue weighted by molar-refractivity contribution is 0.248. The third-order valence-electron chi connectivity index (χ3n) is 4.87. The molecule has 2 aliphatic heterocycles. The summed E-state index contributed by atoms with van der Waals surface area (Å²) in [6.45, 7) is 5.39. The molecule has 1 spiro atoms. The molecule has 1 unspecified atom stereocenters. The first-order valence-electron chi connectivity index (χ1n) is 7.86. The largest absolute Gasteiger partial charge is 0.439 e. The molecule has 2 aliphatic rings. The van der Waals surface area contributed by atoms with Crippen LogP contribution in [0.25, 0.3) is 11.3 Å². The number of hydrogen-bond acceptors (Lipinski definition) is 4. The first kappa shape index (κ1) is 14.2. The van der Waals surface area contributed by atoms with E-state index in [0.29, 0.717) is 10.4 Å². The molecule has 4 nitrogen and oxygen atoms in total. The lowest BCUT2D eigenvalue weighted by Crippen LogP contribution is -2.29. The Bertz CT molecular complexity index is 663. The van der Waals surface area contributed by atoms with Crippen molar-refractivity contribution in [2.45, 2.75) is 19.4 Å². The minimum Gasteiger partial charge on any atom is -0.439 e. The Morgan fingerprint density at radius 1 is 1.36 bits per heavy atom. The fraction of sp³-hybridized carbons (Fsp3) is 0.471. The van der Waals surface area contributed by atoms with Gasteiger partial charge in [-0.15, -0.1) is 0 Å². The Hall–Kier alpha value is -1.36. The summed E-state index contributed by atoms with van der Waals surface area (Å²) in [6, 6.07) is 7.69. The highest BCUT2D eigenvalue weighted by atomic mass is 35.5. The van der Waals surface area contributed by atoms with Crippen molar-refractivity contribution >= 4 is 11.6 Å². The average molecular weight is 318 g/mol. The van der Waals surface area contributed by atoms with E-state index in [4.69, 9.17) is 16.0 Å². The number of benzene rings is 1. The highest BCUT2D eigenvalue weighted by molar-refractivity contribution is 6.30. The maximum absolute atomic E-state index is 6.03. The Balaban J connectivity index is 1.44. The van der Waals surface area contributed by atoms with Gasteiger partial charge in [-0.05, 0) is 43.5 Å². The van der Waals surface area contributed by atoms with E-state index in [1.165, 1.54) is 12.8 Å². The number of aromatic nitrogens is 1. The molecule has 1 aromatic carbocycles. The molecule has 1 atom stereocenters. The molecular weight excluding hydrogens is 298 g/mol. The molecule has 0 aliphatic carbocycles. The van der Waals surface area contributed by atoms with Gasteiger partial charge in [-0.1, -0.05) is 23.7 Å². The van der Waals surface area contributed by atoms with Gasteiger partial charge >= 0.3 is 0 Å². The normalized spacial score (nSPS) is 25.3. The summed E-state index contributed by atoms with van der Waals surface area (Å²) >= 11 is 6.03. The number of rotatable bonds is 3. The molecular formula is C17H20ClN3O. The predicted molar refractivity (Wildman–Crippen MR) is 86.8 cm³/mol. The molecule has 4 rings (SSSR count). The van der Waals surface area contributed by atoms with Crippen molar-refractivity contribution in [1.82, 2.24) is 15.2 Å². The van der Waals surface area contributed by atoms with Crippen LogP contribution in [0, 0.1) is 5.41 Å². The zero-order chi connectivity index (χ0) is 15.0. The molecule has 2 saturated heterocycles. The van der Waals surface area contributed by atoms with Gasteiger partial charge in [-0.2, -0.15) is 0 Å². The van der Waals surface area contributed by atoms with E-state index in [0.717, 1.165) is 49.9 Å². The Morgan fingerprint density at radius 3 is 3.14 bits per heavy atom. The lowest BCUT2D eigenvalue weighted by atomic mass is 9.87. The topological polar surface area (TPSA) is 41.3 Å². The number of oxazole rings is 1. The van der Waals surface area contributed by atoms with Crippen LogP contribution in [0.1, 0.15) is 18.7 Å². The average Bonchev–Trinajstić information content (AvgIpc) is 3.23. The fourth-order valence-corrected chi connectivity index (χ4v) is 3.85. The van der Waals surface area contributed by atoms with Crippen molar-refractivity contribution in [2.75, 3.05) is 26.2 Å². The van der Waals surface area contributed by atoms with Crippen LogP contribution >= 0.6 is 11.6 Å². The molecule has 0 bridgehead atoms. The van der Waals surface area contributed by atoms with Crippen LogP contribution in [-0.4, -0.2) is 36.1 Å². The molecule has 0 amide bonds. The Labute approximate surface area is 135 Å². The Kier molecular flexibility index (Phi) is 3.68. The number of nitrogens with one attached hydrogen (secondary N) is 1. The maximum atomic E-state index is 6.03. The highest BCUT2D eigenvalue weighted by Crippen LogP contribution is 2.36. The lowest BCUT2D eigenvalue weighted by Gasteiger charge is -2.22. The quantitative estimate of drug-likeness (QED) is 0.944. The van der Waals surface area contributed by atoms with Crippen molar-refractivity contribution in [3.8, 4) is 11.3 Å². The summed E-state index contributed by atoms with van der Waals surface area (Å²) in [7, 11) is 0. The van der Waals surface area contributed by atoms with E-state index in [2.05, 4.69) is 15.2 Å². The molecule has 2 aromatic rings. The first-order chi connectivity index (χ1) is 10.7. The van der Waals surface area contributed by atoms with Gasteiger partial charge in [-0.25, -0.2) is 4.98 Å². The summed E-state index contributed by atoms with van der Waals surface area (Å²) in [4.78, 5) is 6.89. The molecule has 1 aromatic heterocycles. The third-order valence-corrected chi connectivity index (χ3v) is 5.11. The van der Waals surface area contributed by atoms with Crippen LogP contribution in [0.2, 0.25) is 5.02 Å². The van der Waals surface area contributed by atoms with Gasteiger partial charge in [0.2, 0.25) is 5.89 Å². The van der Waals surface area contributed by atoms with Crippen LogP contribution < -0.4 is 5.32 Å². The first-order valence-corrected chi connectivity index (χ1v) is 8.24. The van der Waals surface area contributed by atoms with Gasteiger partial charge in [0.1, 0.15) is 0 Å². The van der Waals surface area contributed by atoms with Gasteiger partial charge in [-0.3, -0.25) is 4.90 Å². The number of halogens is 1. The van der Waals surface area contributed by atoms with Crippen LogP contribution in [0.3, 0.4) is 0 Å². The summed E-state index contributed by atoms with van der Waals surface area (Å²) in [6.07, 6.45) is 4.37. The minimum atomic E-state index is 0.488. The van der Waals surface area contributed by atoms with Gasteiger partial charge in [0.25, 0.3) is 0 Å². The van der Waals surface area contributed by atoms with Crippen LogP contribution in [-0.2, 0) is 6.54 Å². The molecule has 2 fully saturated rings. The summed E-state index contributed by atoms with van der Waals surface area (Å²) in [5, 5.41) is 4.21. The van der Waals surface area contributed by atoms with Crippen molar-refractivity contribution < 1.29 is 4.42 Å². The molecule has 22 heavy (non-hydrogen) atoms. The van der Waals surface area contributed by atoms with E-state index >= 15 is 0 Å². The van der Waals surface area contributed by atoms with Crippen LogP contribution in [0.4, 0.5) is 0 Å². The van der Waals surface area contributed by atoms with Gasteiger partial charge in [0.15, 0.2) is 5.76 Å². The second-order valence-corrected chi connectivity index (χ2v) is 6.95. The minimum absolute atomic E-state index is 0.488. The van der Waals surface area contributed by atoms with Crippen LogP contribution in [0.15, 0.2) is 34.9 Å². The van der Waals surface area contributed by atoms with Gasteiger partial charge < -0.3 is 9.73 Å². The number of nitrogens with zero attached hydrogens (tertiary/aromatic N) is 2. The van der Waals surface area contributed by atoms with E-state index in [-0.39, 0.29) is 0 Å². The van der Waals surface area contributed by atoms with Crippen molar-refractivity contribution in [2.24, 2.45) is 5.41 Å². The zero-order valence-electron chi connectivity index (χ0n) is 12.5. The number of hydrogen-bond donors (Lipinski definition) is 1. The second kappa shape index (κ2) is 5.69. The standard InChI is InChI=1S/C17H20ClN3O/c18-14-3-1-2-13(8-14)15-9-20-16(22-15)10-21-7-5-17(12-21)4-6-19-11-17/h1-3,8-9,19H,4-7,10-12H2. The summed E-state index contributed by atoms with van der Waals surface area (Å²) in [5.74, 6) is 1.58. The smallest absolute Gasteiger partial charge is 0.209 e. The zero-order valence-corrected chi connectivity index (χ0v) is 13.3. The molecule has 3 heterocycles. The van der Waals surface area contributed by atoms with E-state index in [1.807, 2.05) is 24.3 Å². The van der Waals surface area contributed by atoms with Gasteiger partial charge in [0.05, 0.1) is 12.7 Å². The molecule has 0 radical (unpaired) electrons. The maximum Gasteiger partial charge on any atom is 0.209 e. The molecule has 1 N–H and O–H groups in total.